The third-order valence-corrected chi connectivity index (χ3v) is 4.59. The molecule has 2 aliphatic heterocycles. The van der Waals surface area contributed by atoms with E-state index in [1.54, 1.807) is 12.2 Å². The van der Waals surface area contributed by atoms with Crippen LogP contribution in [0.5, 0.6) is 0 Å². The van der Waals surface area contributed by atoms with Gasteiger partial charge in [-0.2, -0.15) is 0 Å². The number of carbonyl (C=O) groups excluding carboxylic acids is 2. The second kappa shape index (κ2) is 11.7. The molecule has 0 unspecified atom stereocenters. The fraction of sp³-hybridized carbons (Fsp3) is 0.700. The third-order valence-electron chi connectivity index (χ3n) is 4.59. The molecule has 0 radical (unpaired) electrons. The zero-order valence-electron chi connectivity index (χ0n) is 15.0. The normalized spacial score (nSPS) is 30.2. The minimum Gasteiger partial charge on any atom is -0.463 e. The Kier molecular flexibility index (Phi) is 9.16. The van der Waals surface area contributed by atoms with E-state index in [-0.39, 0.29) is 18.2 Å². The maximum Gasteiger partial charge on any atom is 0.508 e. The molecule has 1 fully saturated rings. The highest BCUT2D eigenvalue weighted by atomic mass is 16.7. The highest BCUT2D eigenvalue weighted by Crippen LogP contribution is 2.23. The molecule has 140 valence electrons. The quantitative estimate of drug-likeness (QED) is 0.584. The van der Waals surface area contributed by atoms with Crippen LogP contribution in [-0.2, 0) is 19.0 Å². The van der Waals surface area contributed by atoms with Crippen LogP contribution in [0.2, 0.25) is 0 Å². The summed E-state index contributed by atoms with van der Waals surface area (Å²) in [6.45, 7) is 0.492. The molecule has 1 saturated heterocycles. The third kappa shape index (κ3) is 8.75. The lowest BCUT2D eigenvalue weighted by atomic mass is 10.0. The van der Waals surface area contributed by atoms with Crippen LogP contribution in [-0.4, -0.2) is 30.9 Å². The highest BCUT2D eigenvalue weighted by molar-refractivity contribution is 5.82. The molecule has 25 heavy (non-hydrogen) atoms. The molecule has 2 heterocycles. The van der Waals surface area contributed by atoms with Gasteiger partial charge in [0.05, 0.1) is 6.61 Å². The summed E-state index contributed by atoms with van der Waals surface area (Å²) in [4.78, 5) is 23.1. The van der Waals surface area contributed by atoms with Gasteiger partial charge < -0.3 is 14.2 Å². The lowest BCUT2D eigenvalue weighted by Crippen LogP contribution is -2.34. The van der Waals surface area contributed by atoms with Crippen molar-refractivity contribution in [3.05, 3.63) is 24.3 Å². The first kappa shape index (κ1) is 19.5. The van der Waals surface area contributed by atoms with Gasteiger partial charge in [-0.15, -0.1) is 0 Å². The molecular formula is C20H30O5. The van der Waals surface area contributed by atoms with Gasteiger partial charge in [0.1, 0.15) is 12.2 Å². The van der Waals surface area contributed by atoms with Crippen LogP contribution in [0, 0.1) is 0 Å². The van der Waals surface area contributed by atoms with Crippen molar-refractivity contribution in [2.45, 2.75) is 82.8 Å². The number of ether oxygens (including phenoxy) is 3. The summed E-state index contributed by atoms with van der Waals surface area (Å²) in [5.41, 5.74) is 0. The van der Waals surface area contributed by atoms with Gasteiger partial charge >= 0.3 is 12.1 Å². The molecule has 0 N–H and O–H groups in total. The summed E-state index contributed by atoms with van der Waals surface area (Å²) in [6, 6.07) is 0. The van der Waals surface area contributed by atoms with Crippen LogP contribution in [0.3, 0.4) is 0 Å². The maximum absolute atomic E-state index is 11.6. The van der Waals surface area contributed by atoms with Crippen LogP contribution >= 0.6 is 0 Å². The Morgan fingerprint density at radius 1 is 0.800 bits per heavy atom. The Morgan fingerprint density at radius 2 is 1.48 bits per heavy atom. The first-order valence-corrected chi connectivity index (χ1v) is 9.61. The molecule has 0 aromatic rings. The number of hydrogen-bond acceptors (Lipinski definition) is 5. The van der Waals surface area contributed by atoms with Crippen LogP contribution < -0.4 is 0 Å². The summed E-state index contributed by atoms with van der Waals surface area (Å²) in [7, 11) is 0. The predicted octanol–water partition coefficient (Wildman–Crippen LogP) is 4.85. The Bertz CT molecular complexity index is 469. The van der Waals surface area contributed by atoms with E-state index < -0.39 is 6.16 Å². The molecule has 0 amide bonds. The van der Waals surface area contributed by atoms with E-state index in [1.165, 1.54) is 38.2 Å². The molecule has 0 aromatic heterocycles. The lowest BCUT2D eigenvalue weighted by Gasteiger charge is -2.28. The number of rotatable bonds is 0. The topological polar surface area (TPSA) is 61.8 Å². The summed E-state index contributed by atoms with van der Waals surface area (Å²) >= 11 is 0. The molecule has 0 aliphatic carbocycles. The Balaban J connectivity index is 1.84. The van der Waals surface area contributed by atoms with E-state index in [0.717, 1.165) is 32.1 Å². The Morgan fingerprint density at radius 3 is 2.28 bits per heavy atom. The van der Waals surface area contributed by atoms with Gasteiger partial charge in [0.25, 0.3) is 0 Å². The van der Waals surface area contributed by atoms with Gasteiger partial charge in [-0.05, 0) is 19.3 Å². The lowest BCUT2D eigenvalue weighted by molar-refractivity contribution is -0.137. The van der Waals surface area contributed by atoms with Crippen molar-refractivity contribution in [3.63, 3.8) is 0 Å². The summed E-state index contributed by atoms with van der Waals surface area (Å²) in [5, 5.41) is 0. The predicted molar refractivity (Wildman–Crippen MR) is 95.2 cm³/mol. The molecule has 5 heteroatoms. The van der Waals surface area contributed by atoms with E-state index in [2.05, 4.69) is 0 Å². The van der Waals surface area contributed by atoms with Gasteiger partial charge in [0, 0.05) is 18.9 Å². The number of fused-ring (bicyclic) bond motifs is 2. The molecule has 5 nitrogen and oxygen atoms in total. The number of allylic oxidation sites excluding steroid dienone is 2. The van der Waals surface area contributed by atoms with E-state index >= 15 is 0 Å². The Labute approximate surface area is 150 Å². The fourth-order valence-corrected chi connectivity index (χ4v) is 3.21. The first-order chi connectivity index (χ1) is 12.2. The monoisotopic (exact) mass is 350 g/mol. The molecule has 2 rings (SSSR count). The van der Waals surface area contributed by atoms with Crippen molar-refractivity contribution in [2.24, 2.45) is 0 Å². The van der Waals surface area contributed by atoms with Gasteiger partial charge in [-0.3, -0.25) is 0 Å². The van der Waals surface area contributed by atoms with Crippen molar-refractivity contribution in [1.82, 2.24) is 0 Å². The number of hydrogen-bond donors (Lipinski definition) is 0. The molecule has 2 aliphatic rings. The van der Waals surface area contributed by atoms with Gasteiger partial charge in [-0.1, -0.05) is 56.8 Å². The van der Waals surface area contributed by atoms with E-state index in [9.17, 15) is 9.59 Å². The standard InChI is InChI=1S/C20H30O5/c21-19-14-10-7-9-13-18-16-17(24-20(22)25-18)12-8-5-3-1-2-4-6-11-15-23-19/h7,9-10,14,17-18H,1-6,8,11-13,15-16H2/b9-7+,14-10+/t17-,18+/m1/s1. The van der Waals surface area contributed by atoms with Crippen LogP contribution in [0.4, 0.5) is 4.79 Å². The molecule has 0 spiro atoms. The molecule has 2 atom stereocenters. The Hall–Kier alpha value is -1.78. The van der Waals surface area contributed by atoms with Crippen molar-refractivity contribution in [1.29, 1.82) is 0 Å². The maximum atomic E-state index is 11.6. The van der Waals surface area contributed by atoms with Crippen molar-refractivity contribution in [3.8, 4) is 0 Å². The van der Waals surface area contributed by atoms with Crippen LogP contribution in [0.15, 0.2) is 24.3 Å². The highest BCUT2D eigenvalue weighted by Gasteiger charge is 2.28. The second-order valence-electron chi connectivity index (χ2n) is 6.77. The summed E-state index contributed by atoms with van der Waals surface area (Å²) < 4.78 is 15.7. The SMILES string of the molecule is O=C1/C=C/C=C/C[C@H]2C[C@@H](CCCCCCCCCCO1)OC(=O)O2. The average Bonchev–Trinajstić information content (AvgIpc) is 2.58. The molecule has 2 bridgehead atoms. The van der Waals surface area contributed by atoms with Crippen molar-refractivity contribution in [2.75, 3.05) is 6.61 Å². The van der Waals surface area contributed by atoms with E-state index in [1.807, 2.05) is 6.08 Å². The zero-order chi connectivity index (χ0) is 17.7. The smallest absolute Gasteiger partial charge is 0.463 e. The minimum absolute atomic E-state index is 0.0317. The minimum atomic E-state index is -0.559. The fourth-order valence-electron chi connectivity index (χ4n) is 3.21. The van der Waals surface area contributed by atoms with E-state index in [0.29, 0.717) is 13.0 Å². The number of carbonyl (C=O) groups is 2. The van der Waals surface area contributed by atoms with Crippen LogP contribution in [0.1, 0.15) is 70.6 Å². The second-order valence-corrected chi connectivity index (χ2v) is 6.77. The van der Waals surface area contributed by atoms with Crippen molar-refractivity contribution < 1.29 is 23.8 Å². The first-order valence-electron chi connectivity index (χ1n) is 9.61. The molecular weight excluding hydrogens is 320 g/mol. The van der Waals surface area contributed by atoms with Crippen molar-refractivity contribution >= 4 is 12.1 Å². The zero-order valence-corrected chi connectivity index (χ0v) is 15.0. The van der Waals surface area contributed by atoms with Crippen LogP contribution in [0.25, 0.3) is 0 Å². The summed E-state index contributed by atoms with van der Waals surface area (Å²) in [6.07, 6.45) is 17.5. The van der Waals surface area contributed by atoms with Gasteiger partial charge in [0.15, 0.2) is 0 Å². The largest absolute Gasteiger partial charge is 0.508 e. The molecule has 0 saturated carbocycles. The van der Waals surface area contributed by atoms with E-state index in [4.69, 9.17) is 14.2 Å². The van der Waals surface area contributed by atoms with Gasteiger partial charge in [-0.25, -0.2) is 9.59 Å². The van der Waals surface area contributed by atoms with Gasteiger partial charge in [0.2, 0.25) is 0 Å². The number of esters is 1. The number of cyclic esters (lactones) is 1. The summed E-state index contributed by atoms with van der Waals surface area (Å²) in [5.74, 6) is -0.309. The average molecular weight is 350 g/mol. The molecule has 0 aromatic carbocycles.